The molecule has 0 radical (unpaired) electrons. The zero-order valence-electron chi connectivity index (χ0n) is 11.2. The number of carbonyl (C=O) groups excluding carboxylic acids is 1. The topological polar surface area (TPSA) is 159 Å². The summed E-state index contributed by atoms with van der Waals surface area (Å²) < 4.78 is 4.54. The van der Waals surface area contributed by atoms with Gasteiger partial charge in [0.05, 0.1) is 22.5 Å². The van der Waals surface area contributed by atoms with Gasteiger partial charge in [-0.15, -0.1) is 0 Å². The van der Waals surface area contributed by atoms with Gasteiger partial charge in [-0.1, -0.05) is 5.01 Å². The van der Waals surface area contributed by atoms with Crippen molar-refractivity contribution in [1.29, 1.82) is 0 Å². The molecule has 0 aromatic heterocycles. The number of esters is 1. The van der Waals surface area contributed by atoms with Gasteiger partial charge in [0.25, 0.3) is 5.69 Å². The number of hydrogen-bond donors (Lipinski definition) is 0. The van der Waals surface area contributed by atoms with Crippen molar-refractivity contribution in [3.8, 4) is 0 Å². The quantitative estimate of drug-likeness (QED) is 0.407. The predicted octanol–water partition coefficient (Wildman–Crippen LogP) is 1.06. The van der Waals surface area contributed by atoms with E-state index in [1.807, 2.05) is 0 Å². The molecule has 0 aliphatic heterocycles. The van der Waals surface area contributed by atoms with E-state index in [2.05, 4.69) is 4.74 Å². The van der Waals surface area contributed by atoms with Gasteiger partial charge in [0.2, 0.25) is 0 Å². The number of rotatable bonds is 7. The van der Waals surface area contributed by atoms with E-state index < -0.39 is 44.5 Å². The number of ether oxygens (including phenoxy) is 1. The fourth-order valence-electron chi connectivity index (χ4n) is 1.55. The Bertz CT molecular complexity index is 631. The largest absolute Gasteiger partial charge is 0.464 e. The van der Waals surface area contributed by atoms with Gasteiger partial charge in [-0.05, 0) is 13.0 Å². The maximum Gasteiger partial charge on any atom is 0.332 e. The van der Waals surface area contributed by atoms with Crippen LogP contribution in [0.3, 0.4) is 0 Å². The molecule has 0 bridgehead atoms. The number of benzene rings is 1. The molecule has 0 amide bonds. The molecule has 1 rings (SSSR count). The predicted molar refractivity (Wildman–Crippen MR) is 70.7 cm³/mol. The highest BCUT2D eigenvalue weighted by molar-refractivity contribution is 5.77. The summed E-state index contributed by atoms with van der Waals surface area (Å²) in [4.78, 5) is 42.0. The minimum atomic E-state index is -1.04. The zero-order chi connectivity index (χ0) is 16.9. The van der Waals surface area contributed by atoms with Gasteiger partial charge in [0.15, 0.2) is 17.3 Å². The van der Waals surface area contributed by atoms with Crippen LogP contribution in [0.4, 0.5) is 17.1 Å². The Morgan fingerprint density at radius 2 is 1.82 bits per heavy atom. The molecule has 1 aromatic carbocycles. The first kappa shape index (κ1) is 16.7. The lowest BCUT2D eigenvalue weighted by molar-refractivity contribution is -0.494. The molecule has 1 aromatic rings. The summed E-state index contributed by atoms with van der Waals surface area (Å²) in [5.74, 6) is -0.966. The molecule has 0 heterocycles. The van der Waals surface area contributed by atoms with Crippen LogP contribution in [0.2, 0.25) is 0 Å². The summed E-state index contributed by atoms with van der Waals surface area (Å²) in [5.41, 5.74) is -2.03. The van der Waals surface area contributed by atoms with Crippen molar-refractivity contribution in [3.63, 3.8) is 0 Å². The summed E-state index contributed by atoms with van der Waals surface area (Å²) in [7, 11) is 0. The molecule has 0 saturated carbocycles. The molecule has 22 heavy (non-hydrogen) atoms. The SMILES string of the molecule is CCOC(=O)CN(c1ccc([N+](=O)[O-])cc1[N+](=O)[O-])[N+](=O)[O-]. The van der Waals surface area contributed by atoms with E-state index in [1.54, 1.807) is 0 Å². The summed E-state index contributed by atoms with van der Waals surface area (Å²) in [6, 6.07) is 2.28. The Kier molecular flexibility index (Phi) is 5.26. The molecular weight excluding hydrogens is 304 g/mol. The van der Waals surface area contributed by atoms with E-state index in [0.29, 0.717) is 6.07 Å². The molecule has 0 aliphatic carbocycles. The third-order valence-corrected chi connectivity index (χ3v) is 2.43. The molecule has 0 spiro atoms. The van der Waals surface area contributed by atoms with Crippen molar-refractivity contribution in [3.05, 3.63) is 48.5 Å². The fraction of sp³-hybridized carbons (Fsp3) is 0.300. The van der Waals surface area contributed by atoms with Crippen LogP contribution in [0.1, 0.15) is 6.92 Å². The van der Waals surface area contributed by atoms with Gasteiger partial charge in [-0.3, -0.25) is 20.2 Å². The number of carbonyl (C=O) groups is 1. The van der Waals surface area contributed by atoms with Gasteiger partial charge < -0.3 is 4.74 Å². The average Bonchev–Trinajstić information content (AvgIpc) is 2.44. The summed E-state index contributed by atoms with van der Waals surface area (Å²) in [5, 5.41) is 31.7. The molecule has 12 nitrogen and oxygen atoms in total. The molecule has 0 aliphatic rings. The second-order valence-electron chi connectivity index (χ2n) is 3.79. The number of anilines is 1. The van der Waals surface area contributed by atoms with Gasteiger partial charge >= 0.3 is 11.7 Å². The molecule has 118 valence electrons. The number of hydrazine groups is 1. The van der Waals surface area contributed by atoms with Crippen LogP contribution in [0, 0.1) is 30.3 Å². The van der Waals surface area contributed by atoms with E-state index in [1.165, 1.54) is 6.92 Å². The lowest BCUT2D eigenvalue weighted by Gasteiger charge is -2.13. The van der Waals surface area contributed by atoms with Gasteiger partial charge in [-0.25, -0.2) is 14.9 Å². The highest BCUT2D eigenvalue weighted by Crippen LogP contribution is 2.31. The summed E-state index contributed by atoms with van der Waals surface area (Å²) >= 11 is 0. The monoisotopic (exact) mass is 314 g/mol. The maximum absolute atomic E-state index is 11.3. The van der Waals surface area contributed by atoms with Crippen LogP contribution < -0.4 is 5.01 Å². The van der Waals surface area contributed by atoms with E-state index in [4.69, 9.17) is 0 Å². The molecule has 12 heteroatoms. The lowest BCUT2D eigenvalue weighted by atomic mass is 10.2. The Morgan fingerprint density at radius 3 is 2.27 bits per heavy atom. The molecule has 0 atom stereocenters. The average molecular weight is 314 g/mol. The smallest absolute Gasteiger partial charge is 0.332 e. The van der Waals surface area contributed by atoms with Crippen molar-refractivity contribution in [1.82, 2.24) is 0 Å². The number of nitrogens with zero attached hydrogens (tertiary/aromatic N) is 4. The van der Waals surface area contributed by atoms with E-state index >= 15 is 0 Å². The minimum Gasteiger partial charge on any atom is -0.464 e. The molecule has 0 saturated heterocycles. The number of nitro benzene ring substituents is 2. The lowest BCUT2D eigenvalue weighted by Crippen LogP contribution is -2.36. The first-order chi connectivity index (χ1) is 10.3. The van der Waals surface area contributed by atoms with Crippen LogP contribution in [0.15, 0.2) is 18.2 Å². The first-order valence-electron chi connectivity index (χ1n) is 5.78. The standard InChI is InChI=1S/C10H10N4O8/c1-2-22-10(15)6-11(14(20)21)8-4-3-7(12(16)17)5-9(8)13(18)19/h3-5H,2,6H2,1H3. The second-order valence-corrected chi connectivity index (χ2v) is 3.79. The van der Waals surface area contributed by atoms with Crippen molar-refractivity contribution < 1.29 is 24.4 Å². The summed E-state index contributed by atoms with van der Waals surface area (Å²) in [6.45, 7) is 0.592. The minimum absolute atomic E-state index is 0.0211. The fourth-order valence-corrected chi connectivity index (χ4v) is 1.55. The first-order valence-corrected chi connectivity index (χ1v) is 5.78. The highest BCUT2D eigenvalue weighted by atomic mass is 16.7. The number of hydrogen-bond acceptors (Lipinski definition) is 8. The number of non-ortho nitro benzene ring substituents is 1. The Balaban J connectivity index is 3.30. The maximum atomic E-state index is 11.3. The van der Waals surface area contributed by atoms with Gasteiger partial charge in [0.1, 0.15) is 0 Å². The van der Waals surface area contributed by atoms with Crippen molar-refractivity contribution in [2.45, 2.75) is 6.92 Å². The van der Waals surface area contributed by atoms with E-state index in [0.717, 1.165) is 12.1 Å². The van der Waals surface area contributed by atoms with Crippen molar-refractivity contribution in [2.75, 3.05) is 18.2 Å². The highest BCUT2D eigenvalue weighted by Gasteiger charge is 2.31. The molecule has 0 unspecified atom stereocenters. The number of nitro groups is 3. The Labute approximate surface area is 122 Å². The van der Waals surface area contributed by atoms with Crippen LogP contribution >= 0.6 is 0 Å². The molecular formula is C10H10N4O8. The Hall–Kier alpha value is -3.31. The second kappa shape index (κ2) is 6.92. The summed E-state index contributed by atoms with van der Waals surface area (Å²) in [6.07, 6.45) is 0. The third kappa shape index (κ3) is 3.84. The van der Waals surface area contributed by atoms with E-state index in [9.17, 15) is 35.1 Å². The van der Waals surface area contributed by atoms with Crippen LogP contribution in [-0.4, -0.2) is 34.0 Å². The molecule has 0 N–H and O–H groups in total. The van der Waals surface area contributed by atoms with Gasteiger partial charge in [0, 0.05) is 6.07 Å². The van der Waals surface area contributed by atoms with Crippen LogP contribution in [0.5, 0.6) is 0 Å². The van der Waals surface area contributed by atoms with Crippen LogP contribution in [0.25, 0.3) is 0 Å². The van der Waals surface area contributed by atoms with Crippen molar-refractivity contribution >= 4 is 23.0 Å². The van der Waals surface area contributed by atoms with Crippen LogP contribution in [-0.2, 0) is 9.53 Å². The molecule has 0 fully saturated rings. The third-order valence-electron chi connectivity index (χ3n) is 2.43. The van der Waals surface area contributed by atoms with Crippen molar-refractivity contribution in [2.24, 2.45) is 0 Å². The zero-order valence-corrected chi connectivity index (χ0v) is 11.2. The van der Waals surface area contributed by atoms with Gasteiger partial charge in [-0.2, -0.15) is 0 Å². The van der Waals surface area contributed by atoms with E-state index in [-0.39, 0.29) is 11.6 Å². The normalized spacial score (nSPS) is 9.86. The Morgan fingerprint density at radius 1 is 1.18 bits per heavy atom.